The summed E-state index contributed by atoms with van der Waals surface area (Å²) in [4.78, 5) is 11.1. The molecule has 122 valence electrons. The first-order chi connectivity index (χ1) is 9.83. The quantitative estimate of drug-likeness (QED) is 0.808. The normalized spacial score (nSPS) is 24.8. The molecule has 1 saturated carbocycles. The Kier molecular flexibility index (Phi) is 5.27. The van der Waals surface area contributed by atoms with Crippen LogP contribution in [0.1, 0.15) is 58.3 Å². The average Bonchev–Trinajstić information content (AvgIpc) is 2.38. The molecule has 0 unspecified atom stereocenters. The minimum absolute atomic E-state index is 0.128. The molecule has 0 bridgehead atoms. The number of piperidine rings is 1. The van der Waals surface area contributed by atoms with Gasteiger partial charge in [-0.1, -0.05) is 26.2 Å². The van der Waals surface area contributed by atoms with Gasteiger partial charge in [0, 0.05) is 18.6 Å². The molecule has 0 amide bonds. The average molecular weight is 318 g/mol. The van der Waals surface area contributed by atoms with Crippen LogP contribution in [0.3, 0.4) is 0 Å². The zero-order chi connectivity index (χ0) is 15.5. The first-order valence-electron chi connectivity index (χ1n) is 7.84. The van der Waals surface area contributed by atoms with Crippen LogP contribution >= 0.6 is 0 Å². The molecule has 21 heavy (non-hydrogen) atoms. The van der Waals surface area contributed by atoms with E-state index in [2.05, 4.69) is 11.6 Å². The number of carboxylic acids is 1. The van der Waals surface area contributed by atoms with Crippen molar-refractivity contribution in [3.63, 3.8) is 0 Å². The zero-order valence-corrected chi connectivity index (χ0v) is 13.5. The smallest absolute Gasteiger partial charge is 0.305 e. The summed E-state index contributed by atoms with van der Waals surface area (Å²) in [6, 6.07) is 0. The van der Waals surface area contributed by atoms with Crippen LogP contribution in [0.15, 0.2) is 0 Å². The molecule has 7 heteroatoms. The Balaban J connectivity index is 2.09. The van der Waals surface area contributed by atoms with Crippen molar-refractivity contribution in [1.29, 1.82) is 0 Å². The Hall–Kier alpha value is -0.660. The molecule has 0 aromatic heterocycles. The van der Waals surface area contributed by atoms with Crippen LogP contribution in [0.5, 0.6) is 0 Å². The summed E-state index contributed by atoms with van der Waals surface area (Å²) in [6.45, 7) is 3.18. The van der Waals surface area contributed by atoms with Crippen molar-refractivity contribution >= 4 is 16.2 Å². The molecule has 1 heterocycles. The molecule has 2 rings (SSSR count). The van der Waals surface area contributed by atoms with Gasteiger partial charge in [-0.25, -0.2) is 0 Å². The third kappa shape index (κ3) is 4.40. The van der Waals surface area contributed by atoms with Crippen molar-refractivity contribution in [3.05, 3.63) is 0 Å². The standard InChI is InChI=1S/C14H26N2O4S/c1-12-5-9-16(10-6-12)21(19,20)15-14(11-13(17)18)7-3-2-4-8-14/h12,15H,2-11H2,1H3,(H,17,18). The molecule has 0 aromatic rings. The highest BCUT2D eigenvalue weighted by molar-refractivity contribution is 7.87. The Labute approximate surface area is 127 Å². The molecular weight excluding hydrogens is 292 g/mol. The fraction of sp³-hybridized carbons (Fsp3) is 0.929. The lowest BCUT2D eigenvalue weighted by Gasteiger charge is -2.39. The summed E-state index contributed by atoms with van der Waals surface area (Å²) >= 11 is 0. The summed E-state index contributed by atoms with van der Waals surface area (Å²) in [5.41, 5.74) is -0.800. The van der Waals surface area contributed by atoms with Crippen molar-refractivity contribution in [2.45, 2.75) is 63.8 Å². The van der Waals surface area contributed by atoms with E-state index in [1.807, 2.05) is 0 Å². The van der Waals surface area contributed by atoms with Gasteiger partial charge in [-0.05, 0) is 31.6 Å². The van der Waals surface area contributed by atoms with Gasteiger partial charge in [0.2, 0.25) is 0 Å². The van der Waals surface area contributed by atoms with E-state index >= 15 is 0 Å². The van der Waals surface area contributed by atoms with Crippen molar-refractivity contribution in [2.75, 3.05) is 13.1 Å². The van der Waals surface area contributed by atoms with E-state index in [1.54, 1.807) is 0 Å². The van der Waals surface area contributed by atoms with Crippen LogP contribution in [0.4, 0.5) is 0 Å². The Morgan fingerprint density at radius 2 is 1.81 bits per heavy atom. The van der Waals surface area contributed by atoms with Crippen LogP contribution in [0, 0.1) is 5.92 Å². The number of hydrogen-bond acceptors (Lipinski definition) is 3. The third-order valence-corrected chi connectivity index (χ3v) is 6.46. The van der Waals surface area contributed by atoms with Gasteiger partial charge in [-0.15, -0.1) is 0 Å². The summed E-state index contributed by atoms with van der Waals surface area (Å²) in [5, 5.41) is 9.12. The maximum atomic E-state index is 12.6. The molecule has 0 radical (unpaired) electrons. The van der Waals surface area contributed by atoms with E-state index < -0.39 is 21.7 Å². The topological polar surface area (TPSA) is 86.7 Å². The predicted octanol–water partition coefficient (Wildman–Crippen LogP) is 1.73. The first-order valence-corrected chi connectivity index (χ1v) is 9.28. The number of aliphatic carboxylic acids is 1. The summed E-state index contributed by atoms with van der Waals surface area (Å²) in [6.07, 6.45) is 5.64. The number of nitrogens with zero attached hydrogens (tertiary/aromatic N) is 1. The highest BCUT2D eigenvalue weighted by atomic mass is 32.2. The summed E-state index contributed by atoms with van der Waals surface area (Å²) in [5.74, 6) is -0.383. The van der Waals surface area contributed by atoms with Gasteiger partial charge in [0.15, 0.2) is 0 Å². The van der Waals surface area contributed by atoms with E-state index in [0.717, 1.165) is 32.1 Å². The third-order valence-electron chi connectivity index (χ3n) is 4.73. The van der Waals surface area contributed by atoms with E-state index in [4.69, 9.17) is 5.11 Å². The van der Waals surface area contributed by atoms with Crippen molar-refractivity contribution in [1.82, 2.24) is 9.03 Å². The van der Waals surface area contributed by atoms with Gasteiger partial charge >= 0.3 is 5.97 Å². The second-order valence-electron chi connectivity index (χ2n) is 6.60. The molecule has 6 nitrogen and oxygen atoms in total. The van der Waals surface area contributed by atoms with E-state index in [-0.39, 0.29) is 6.42 Å². The van der Waals surface area contributed by atoms with Gasteiger partial charge in [-0.2, -0.15) is 17.4 Å². The Morgan fingerprint density at radius 3 is 2.33 bits per heavy atom. The van der Waals surface area contributed by atoms with Gasteiger partial charge in [0.25, 0.3) is 10.2 Å². The highest BCUT2D eigenvalue weighted by Gasteiger charge is 2.40. The molecule has 0 aromatic carbocycles. The Bertz CT molecular complexity index is 463. The van der Waals surface area contributed by atoms with Crippen molar-refractivity contribution in [2.24, 2.45) is 5.92 Å². The number of hydrogen-bond donors (Lipinski definition) is 2. The number of nitrogens with one attached hydrogen (secondary N) is 1. The van der Waals surface area contributed by atoms with E-state index in [9.17, 15) is 13.2 Å². The molecule has 2 aliphatic rings. The van der Waals surface area contributed by atoms with E-state index in [1.165, 1.54) is 4.31 Å². The second kappa shape index (κ2) is 6.62. The van der Waals surface area contributed by atoms with Crippen LogP contribution < -0.4 is 4.72 Å². The molecule has 0 spiro atoms. The maximum Gasteiger partial charge on any atom is 0.305 e. The molecule has 2 fully saturated rings. The summed E-state index contributed by atoms with van der Waals surface area (Å²) < 4.78 is 29.4. The minimum Gasteiger partial charge on any atom is -0.481 e. The van der Waals surface area contributed by atoms with Crippen LogP contribution in [-0.2, 0) is 15.0 Å². The monoisotopic (exact) mass is 318 g/mol. The molecule has 1 aliphatic heterocycles. The first kappa shape index (κ1) is 16.7. The van der Waals surface area contributed by atoms with Crippen molar-refractivity contribution < 1.29 is 18.3 Å². The van der Waals surface area contributed by atoms with Gasteiger partial charge < -0.3 is 5.11 Å². The molecular formula is C14H26N2O4S. The maximum absolute atomic E-state index is 12.6. The number of carboxylic acid groups (broad SMARTS) is 1. The van der Waals surface area contributed by atoms with Gasteiger partial charge in [0.05, 0.1) is 6.42 Å². The number of carbonyl (C=O) groups is 1. The fourth-order valence-electron chi connectivity index (χ4n) is 3.40. The Morgan fingerprint density at radius 1 is 1.24 bits per heavy atom. The van der Waals surface area contributed by atoms with Gasteiger partial charge in [0.1, 0.15) is 0 Å². The van der Waals surface area contributed by atoms with Crippen LogP contribution in [0.25, 0.3) is 0 Å². The fourth-order valence-corrected chi connectivity index (χ4v) is 5.04. The SMILES string of the molecule is CC1CCN(S(=O)(=O)NC2(CC(=O)O)CCCCC2)CC1. The number of rotatable bonds is 5. The minimum atomic E-state index is -3.59. The molecule has 1 aliphatic carbocycles. The predicted molar refractivity (Wildman–Crippen MR) is 80.1 cm³/mol. The zero-order valence-electron chi connectivity index (χ0n) is 12.7. The molecule has 0 atom stereocenters. The highest BCUT2D eigenvalue weighted by Crippen LogP contribution is 2.32. The van der Waals surface area contributed by atoms with Crippen molar-refractivity contribution in [3.8, 4) is 0 Å². The largest absolute Gasteiger partial charge is 0.481 e. The molecule has 1 saturated heterocycles. The lowest BCUT2D eigenvalue weighted by atomic mass is 9.80. The second-order valence-corrected chi connectivity index (χ2v) is 8.27. The van der Waals surface area contributed by atoms with Crippen LogP contribution in [0.2, 0.25) is 0 Å². The van der Waals surface area contributed by atoms with Gasteiger partial charge in [-0.3, -0.25) is 4.79 Å². The lowest BCUT2D eigenvalue weighted by molar-refractivity contribution is -0.138. The van der Waals surface area contributed by atoms with Crippen LogP contribution in [-0.4, -0.2) is 42.4 Å². The molecule has 2 N–H and O–H groups in total. The summed E-state index contributed by atoms with van der Waals surface area (Å²) in [7, 11) is -3.59. The van der Waals surface area contributed by atoms with E-state index in [0.29, 0.717) is 31.8 Å². The lowest BCUT2D eigenvalue weighted by Crippen LogP contribution is -2.56.